The molecular formula is C14H15FN2O2. The van der Waals surface area contributed by atoms with Gasteiger partial charge in [0.25, 0.3) is 0 Å². The molecule has 1 N–H and O–H groups in total. The molecule has 0 atom stereocenters. The van der Waals surface area contributed by atoms with Crippen molar-refractivity contribution in [2.75, 3.05) is 0 Å². The van der Waals surface area contributed by atoms with E-state index in [0.29, 0.717) is 5.56 Å². The average Bonchev–Trinajstić information content (AvgIpc) is 2.73. The number of aromatic nitrogens is 2. The molecule has 0 saturated carbocycles. The minimum atomic E-state index is -1.07. The molecule has 0 unspecified atom stereocenters. The van der Waals surface area contributed by atoms with Crippen LogP contribution in [-0.4, -0.2) is 20.9 Å². The second kappa shape index (κ2) is 4.50. The van der Waals surface area contributed by atoms with Gasteiger partial charge in [-0.2, -0.15) is 5.10 Å². The number of carboxylic acid groups (broad SMARTS) is 1. The second-order valence-corrected chi connectivity index (χ2v) is 5.32. The number of carboxylic acids is 1. The van der Waals surface area contributed by atoms with E-state index in [9.17, 15) is 14.3 Å². The van der Waals surface area contributed by atoms with E-state index < -0.39 is 11.8 Å². The van der Waals surface area contributed by atoms with Gasteiger partial charge in [-0.25, -0.2) is 9.18 Å². The molecule has 0 radical (unpaired) electrons. The number of halogens is 1. The standard InChI is InChI=1S/C14H15FN2O2/c1-14(2,3)17-8-11(13(18)19)12(16-17)9-5-4-6-10(15)7-9/h4-8H,1-3H3,(H,18,19). The monoisotopic (exact) mass is 262 g/mol. The molecule has 0 fully saturated rings. The highest BCUT2D eigenvalue weighted by Gasteiger charge is 2.22. The molecule has 1 heterocycles. The average molecular weight is 262 g/mol. The summed E-state index contributed by atoms with van der Waals surface area (Å²) in [5, 5.41) is 13.5. The lowest BCUT2D eigenvalue weighted by atomic mass is 10.1. The van der Waals surface area contributed by atoms with Crippen molar-refractivity contribution in [3.05, 3.63) is 41.8 Å². The summed E-state index contributed by atoms with van der Waals surface area (Å²) in [5.74, 6) is -1.49. The Balaban J connectivity index is 2.62. The molecule has 0 saturated heterocycles. The molecule has 0 aliphatic rings. The number of hydrogen-bond acceptors (Lipinski definition) is 2. The molecule has 0 spiro atoms. The molecule has 19 heavy (non-hydrogen) atoms. The van der Waals surface area contributed by atoms with E-state index in [1.54, 1.807) is 10.7 Å². The predicted octanol–water partition coefficient (Wildman–Crippen LogP) is 3.14. The Labute approximate surface area is 110 Å². The number of benzene rings is 1. The molecule has 0 aliphatic carbocycles. The highest BCUT2D eigenvalue weighted by atomic mass is 19.1. The number of hydrogen-bond donors (Lipinski definition) is 1. The van der Waals surface area contributed by atoms with Gasteiger partial charge < -0.3 is 5.11 Å². The topological polar surface area (TPSA) is 55.1 Å². The molecular weight excluding hydrogens is 247 g/mol. The van der Waals surface area contributed by atoms with Gasteiger partial charge in [-0.05, 0) is 32.9 Å². The summed E-state index contributed by atoms with van der Waals surface area (Å²) >= 11 is 0. The zero-order chi connectivity index (χ0) is 14.2. The molecule has 0 bridgehead atoms. The summed E-state index contributed by atoms with van der Waals surface area (Å²) in [5.41, 5.74) is 0.471. The molecule has 1 aromatic heterocycles. The summed E-state index contributed by atoms with van der Waals surface area (Å²) in [6.07, 6.45) is 1.47. The number of aromatic carboxylic acids is 1. The lowest BCUT2D eigenvalue weighted by molar-refractivity contribution is 0.0697. The number of rotatable bonds is 2. The van der Waals surface area contributed by atoms with Crippen molar-refractivity contribution in [3.8, 4) is 11.3 Å². The minimum absolute atomic E-state index is 0.0699. The van der Waals surface area contributed by atoms with Crippen molar-refractivity contribution in [2.24, 2.45) is 0 Å². The van der Waals surface area contributed by atoms with Crippen molar-refractivity contribution in [2.45, 2.75) is 26.3 Å². The van der Waals surface area contributed by atoms with Crippen LogP contribution in [-0.2, 0) is 5.54 Å². The van der Waals surface area contributed by atoms with Crippen LogP contribution >= 0.6 is 0 Å². The van der Waals surface area contributed by atoms with Gasteiger partial charge in [0, 0.05) is 11.8 Å². The maximum atomic E-state index is 13.2. The fourth-order valence-corrected chi connectivity index (χ4v) is 1.72. The third-order valence-electron chi connectivity index (χ3n) is 2.73. The van der Waals surface area contributed by atoms with Crippen LogP contribution < -0.4 is 0 Å². The zero-order valence-corrected chi connectivity index (χ0v) is 11.0. The lowest BCUT2D eigenvalue weighted by Crippen LogP contribution is -2.22. The molecule has 0 aliphatic heterocycles. The van der Waals surface area contributed by atoms with Gasteiger partial charge in [-0.1, -0.05) is 12.1 Å². The second-order valence-electron chi connectivity index (χ2n) is 5.32. The Morgan fingerprint density at radius 2 is 2.05 bits per heavy atom. The quantitative estimate of drug-likeness (QED) is 0.904. The van der Waals surface area contributed by atoms with Crippen LogP contribution in [0.4, 0.5) is 4.39 Å². The van der Waals surface area contributed by atoms with Gasteiger partial charge in [-0.15, -0.1) is 0 Å². The third-order valence-corrected chi connectivity index (χ3v) is 2.73. The van der Waals surface area contributed by atoms with E-state index in [2.05, 4.69) is 5.10 Å². The predicted molar refractivity (Wildman–Crippen MR) is 69.6 cm³/mol. The number of carbonyl (C=O) groups is 1. The smallest absolute Gasteiger partial charge is 0.339 e. The SMILES string of the molecule is CC(C)(C)n1cc(C(=O)O)c(-c2cccc(F)c2)n1. The van der Waals surface area contributed by atoms with Gasteiger partial charge in [0.15, 0.2) is 0 Å². The van der Waals surface area contributed by atoms with Crippen molar-refractivity contribution in [3.63, 3.8) is 0 Å². The van der Waals surface area contributed by atoms with Gasteiger partial charge >= 0.3 is 5.97 Å². The molecule has 100 valence electrons. The first kappa shape index (κ1) is 13.3. The molecule has 2 aromatic rings. The van der Waals surface area contributed by atoms with Gasteiger partial charge in [-0.3, -0.25) is 4.68 Å². The van der Waals surface area contributed by atoms with Crippen LogP contribution in [0.25, 0.3) is 11.3 Å². The molecule has 4 nitrogen and oxygen atoms in total. The fraction of sp³-hybridized carbons (Fsp3) is 0.286. The van der Waals surface area contributed by atoms with E-state index in [4.69, 9.17) is 0 Å². The first-order chi connectivity index (χ1) is 8.79. The van der Waals surface area contributed by atoms with Crippen LogP contribution in [0.3, 0.4) is 0 Å². The largest absolute Gasteiger partial charge is 0.478 e. The fourth-order valence-electron chi connectivity index (χ4n) is 1.72. The van der Waals surface area contributed by atoms with E-state index in [1.807, 2.05) is 20.8 Å². The Morgan fingerprint density at radius 1 is 1.37 bits per heavy atom. The van der Waals surface area contributed by atoms with E-state index in [0.717, 1.165) is 0 Å². The van der Waals surface area contributed by atoms with E-state index in [1.165, 1.54) is 24.4 Å². The first-order valence-electron chi connectivity index (χ1n) is 5.88. The first-order valence-corrected chi connectivity index (χ1v) is 5.88. The Kier molecular flexibility index (Phi) is 3.14. The van der Waals surface area contributed by atoms with Gasteiger partial charge in [0.1, 0.15) is 17.1 Å². The highest BCUT2D eigenvalue weighted by molar-refractivity contribution is 5.94. The summed E-state index contributed by atoms with van der Waals surface area (Å²) in [6, 6.07) is 5.77. The summed E-state index contributed by atoms with van der Waals surface area (Å²) in [4.78, 5) is 11.3. The maximum absolute atomic E-state index is 13.2. The van der Waals surface area contributed by atoms with Gasteiger partial charge in [0.05, 0.1) is 5.54 Å². The summed E-state index contributed by atoms with van der Waals surface area (Å²) in [7, 11) is 0. The Bertz CT molecular complexity index is 627. The van der Waals surface area contributed by atoms with Crippen molar-refractivity contribution in [1.29, 1.82) is 0 Å². The van der Waals surface area contributed by atoms with Crippen LogP contribution in [0, 0.1) is 5.82 Å². The van der Waals surface area contributed by atoms with Crippen LogP contribution in [0.15, 0.2) is 30.5 Å². The van der Waals surface area contributed by atoms with Crippen LogP contribution in [0.2, 0.25) is 0 Å². The normalized spacial score (nSPS) is 11.6. The van der Waals surface area contributed by atoms with Crippen LogP contribution in [0.5, 0.6) is 0 Å². The summed E-state index contributed by atoms with van der Waals surface area (Å²) in [6.45, 7) is 5.75. The zero-order valence-electron chi connectivity index (χ0n) is 11.0. The number of nitrogens with zero attached hydrogens (tertiary/aromatic N) is 2. The molecule has 2 rings (SSSR count). The lowest BCUT2D eigenvalue weighted by Gasteiger charge is -2.18. The van der Waals surface area contributed by atoms with Crippen LogP contribution in [0.1, 0.15) is 31.1 Å². The van der Waals surface area contributed by atoms with E-state index in [-0.39, 0.29) is 16.8 Å². The van der Waals surface area contributed by atoms with Gasteiger partial charge in [0.2, 0.25) is 0 Å². The third kappa shape index (κ3) is 2.65. The Morgan fingerprint density at radius 3 is 2.58 bits per heavy atom. The van der Waals surface area contributed by atoms with E-state index >= 15 is 0 Å². The minimum Gasteiger partial charge on any atom is -0.478 e. The van der Waals surface area contributed by atoms with Crippen molar-refractivity contribution in [1.82, 2.24) is 9.78 Å². The van der Waals surface area contributed by atoms with Crippen molar-refractivity contribution < 1.29 is 14.3 Å². The Hall–Kier alpha value is -2.17. The molecule has 5 heteroatoms. The van der Waals surface area contributed by atoms with Crippen molar-refractivity contribution >= 4 is 5.97 Å². The summed E-state index contributed by atoms with van der Waals surface area (Å²) < 4.78 is 14.8. The highest BCUT2D eigenvalue weighted by Crippen LogP contribution is 2.25. The molecule has 0 amide bonds. The maximum Gasteiger partial charge on any atom is 0.339 e. The molecule has 1 aromatic carbocycles.